The fourth-order valence-electron chi connectivity index (χ4n) is 1.56. The molecular weight excluding hydrogens is 398 g/mol. The number of thiocarbonyl (C=S) groups is 2. The number of hydrogen-bond acceptors (Lipinski definition) is 6. The molecular formula is C19H35N3S4. The van der Waals surface area contributed by atoms with E-state index in [0.29, 0.717) is 9.74 Å². The molecule has 0 aliphatic heterocycles. The third kappa shape index (κ3) is 16.0. The average molecular weight is 434 g/mol. The Morgan fingerprint density at radius 1 is 1.31 bits per heavy atom. The van der Waals surface area contributed by atoms with E-state index in [1.165, 1.54) is 0 Å². The summed E-state index contributed by atoms with van der Waals surface area (Å²) in [7, 11) is 0. The van der Waals surface area contributed by atoms with E-state index in [0.717, 1.165) is 41.2 Å². The average Bonchev–Trinajstić information content (AvgIpc) is 2.56. The fraction of sp³-hybridized carbons (Fsp3) is 0.632. The number of nitrogens with two attached hydrogens (primary N) is 1. The van der Waals surface area contributed by atoms with Crippen LogP contribution < -0.4 is 11.1 Å². The van der Waals surface area contributed by atoms with Crippen molar-refractivity contribution in [2.24, 2.45) is 5.73 Å². The minimum absolute atomic E-state index is 0. The Hall–Kier alpha value is -0.210. The number of thioether (sulfide) groups is 2. The summed E-state index contributed by atoms with van der Waals surface area (Å²) >= 11 is 14.0. The summed E-state index contributed by atoms with van der Waals surface area (Å²) < 4.78 is 0.290. The SMILES string of the molecule is C.CC(C)(C)SCCNC(=S)c1cccc(C=S)n1.CC(C)SCCN. The van der Waals surface area contributed by atoms with E-state index in [9.17, 15) is 0 Å². The van der Waals surface area contributed by atoms with Gasteiger partial charge in [0.25, 0.3) is 0 Å². The van der Waals surface area contributed by atoms with E-state index in [-0.39, 0.29) is 7.43 Å². The van der Waals surface area contributed by atoms with Gasteiger partial charge in [0.2, 0.25) is 0 Å². The Kier molecular flexibility index (Phi) is 17.0. The van der Waals surface area contributed by atoms with Gasteiger partial charge < -0.3 is 11.1 Å². The van der Waals surface area contributed by atoms with Gasteiger partial charge in [-0.3, -0.25) is 0 Å². The number of rotatable bonds is 8. The maximum absolute atomic E-state index is 5.30. The van der Waals surface area contributed by atoms with Crippen LogP contribution in [0.15, 0.2) is 18.2 Å². The first kappa shape index (κ1) is 28.0. The second-order valence-electron chi connectivity index (χ2n) is 6.49. The van der Waals surface area contributed by atoms with Gasteiger partial charge in [-0.25, -0.2) is 4.98 Å². The zero-order chi connectivity index (χ0) is 19.3. The number of nitrogens with one attached hydrogen (secondary N) is 1. The van der Waals surface area contributed by atoms with Gasteiger partial charge in [-0.1, -0.05) is 72.5 Å². The summed E-state index contributed by atoms with van der Waals surface area (Å²) in [6.07, 6.45) is 0. The second kappa shape index (κ2) is 15.8. The highest BCUT2D eigenvalue weighted by Gasteiger charge is 2.10. The summed E-state index contributed by atoms with van der Waals surface area (Å²) in [5.41, 5.74) is 6.81. The van der Waals surface area contributed by atoms with Gasteiger partial charge in [-0.15, -0.1) is 0 Å². The lowest BCUT2D eigenvalue weighted by Gasteiger charge is -2.17. The largest absolute Gasteiger partial charge is 0.374 e. The minimum Gasteiger partial charge on any atom is -0.374 e. The molecule has 1 aromatic rings. The molecule has 0 aliphatic carbocycles. The summed E-state index contributed by atoms with van der Waals surface area (Å²) in [4.78, 5) is 5.03. The zero-order valence-electron chi connectivity index (χ0n) is 15.9. The molecule has 0 bridgehead atoms. The van der Waals surface area contributed by atoms with Crippen molar-refractivity contribution in [3.63, 3.8) is 0 Å². The van der Waals surface area contributed by atoms with E-state index in [4.69, 9.17) is 30.2 Å². The van der Waals surface area contributed by atoms with E-state index < -0.39 is 0 Å². The van der Waals surface area contributed by atoms with Gasteiger partial charge in [0.15, 0.2) is 0 Å². The minimum atomic E-state index is 0. The lowest BCUT2D eigenvalue weighted by molar-refractivity contribution is 0.800. The Bertz CT molecular complexity index is 514. The van der Waals surface area contributed by atoms with Crippen molar-refractivity contribution >= 4 is 58.3 Å². The van der Waals surface area contributed by atoms with Crippen molar-refractivity contribution in [3.05, 3.63) is 29.6 Å². The van der Waals surface area contributed by atoms with Crippen LogP contribution in [0.4, 0.5) is 0 Å². The molecule has 0 saturated heterocycles. The summed E-state index contributed by atoms with van der Waals surface area (Å²) in [5.74, 6) is 2.12. The van der Waals surface area contributed by atoms with Crippen LogP contribution >= 0.6 is 48.0 Å². The molecule has 0 spiro atoms. The highest BCUT2D eigenvalue weighted by atomic mass is 32.2. The molecule has 0 fully saturated rings. The van der Waals surface area contributed by atoms with Crippen LogP contribution in [0.5, 0.6) is 0 Å². The van der Waals surface area contributed by atoms with Gasteiger partial charge in [-0.05, 0) is 17.4 Å². The lowest BCUT2D eigenvalue weighted by Crippen LogP contribution is -2.27. The van der Waals surface area contributed by atoms with Crippen LogP contribution in [-0.4, -0.2) is 49.9 Å². The zero-order valence-corrected chi connectivity index (χ0v) is 19.1. The van der Waals surface area contributed by atoms with Crippen molar-refractivity contribution < 1.29 is 0 Å². The number of nitrogens with zero attached hydrogens (tertiary/aromatic N) is 1. The Balaban J connectivity index is 0. The standard InChI is InChI=1S/C13H18N2S3.C5H13NS.CH4/c1-13(2,3)18-8-7-14-12(17)11-6-4-5-10(9-16)15-11;1-5(2)7-4-3-6;/h4-6,9H,7-8H2,1-3H3,(H,14,17);5H,3-4,6H2,1-2H3;1H4. The van der Waals surface area contributed by atoms with E-state index in [1.54, 1.807) is 5.37 Å². The molecule has 3 nitrogen and oxygen atoms in total. The molecule has 0 aliphatic rings. The maximum Gasteiger partial charge on any atom is 0.125 e. The van der Waals surface area contributed by atoms with Gasteiger partial charge in [0, 0.05) is 34.7 Å². The third-order valence-corrected chi connectivity index (χ3v) is 5.62. The predicted octanol–water partition coefficient (Wildman–Crippen LogP) is 4.95. The van der Waals surface area contributed by atoms with Crippen molar-refractivity contribution in [2.45, 2.75) is 52.0 Å². The maximum atomic E-state index is 5.30. The van der Waals surface area contributed by atoms with Crippen molar-refractivity contribution in [3.8, 4) is 0 Å². The van der Waals surface area contributed by atoms with E-state index >= 15 is 0 Å². The monoisotopic (exact) mass is 433 g/mol. The summed E-state index contributed by atoms with van der Waals surface area (Å²) in [6, 6.07) is 5.68. The van der Waals surface area contributed by atoms with Crippen LogP contribution in [0.3, 0.4) is 0 Å². The normalized spacial score (nSPS) is 10.4. The predicted molar refractivity (Wildman–Crippen MR) is 132 cm³/mol. The molecule has 1 aromatic heterocycles. The van der Waals surface area contributed by atoms with E-state index in [1.807, 2.05) is 41.7 Å². The number of aromatic nitrogens is 1. The molecule has 3 N–H and O–H groups in total. The molecule has 0 atom stereocenters. The van der Waals surface area contributed by atoms with E-state index in [2.05, 4.69) is 44.9 Å². The molecule has 7 heteroatoms. The summed E-state index contributed by atoms with van der Waals surface area (Å²) in [6.45, 7) is 12.6. The number of hydrogen-bond donors (Lipinski definition) is 2. The molecule has 0 amide bonds. The first-order valence-corrected chi connectivity index (χ1v) is 11.3. The molecule has 0 aromatic carbocycles. The van der Waals surface area contributed by atoms with Gasteiger partial charge in [-0.2, -0.15) is 23.5 Å². The Morgan fingerprint density at radius 3 is 2.42 bits per heavy atom. The summed E-state index contributed by atoms with van der Waals surface area (Å²) in [5, 5.41) is 5.52. The quantitative estimate of drug-likeness (QED) is 0.444. The van der Waals surface area contributed by atoms with Crippen LogP contribution in [0, 0.1) is 0 Å². The highest BCUT2D eigenvalue weighted by Crippen LogP contribution is 2.22. The molecule has 0 radical (unpaired) electrons. The van der Waals surface area contributed by atoms with Gasteiger partial charge >= 0.3 is 0 Å². The smallest absolute Gasteiger partial charge is 0.125 e. The molecule has 1 rings (SSSR count). The van der Waals surface area contributed by atoms with Gasteiger partial charge in [0.05, 0.1) is 11.4 Å². The third-order valence-electron chi connectivity index (χ3n) is 2.62. The van der Waals surface area contributed by atoms with Gasteiger partial charge in [0.1, 0.15) is 4.99 Å². The van der Waals surface area contributed by atoms with Crippen LogP contribution in [0.1, 0.15) is 53.4 Å². The molecule has 1 heterocycles. The molecule has 150 valence electrons. The second-order valence-corrected chi connectivity index (χ2v) is 10.7. The Morgan fingerprint density at radius 2 is 1.96 bits per heavy atom. The van der Waals surface area contributed by atoms with Crippen LogP contribution in [-0.2, 0) is 0 Å². The lowest BCUT2D eigenvalue weighted by atomic mass is 10.3. The van der Waals surface area contributed by atoms with Crippen molar-refractivity contribution in [1.82, 2.24) is 10.3 Å². The fourth-order valence-corrected chi connectivity index (χ4v) is 3.33. The molecule has 0 unspecified atom stereocenters. The topological polar surface area (TPSA) is 50.9 Å². The molecule has 26 heavy (non-hydrogen) atoms. The van der Waals surface area contributed by atoms with Crippen molar-refractivity contribution in [1.29, 1.82) is 0 Å². The van der Waals surface area contributed by atoms with Crippen LogP contribution in [0.2, 0.25) is 0 Å². The molecule has 0 saturated carbocycles. The van der Waals surface area contributed by atoms with Crippen molar-refractivity contribution in [2.75, 3.05) is 24.6 Å². The number of pyridine rings is 1. The first-order valence-electron chi connectivity index (χ1n) is 8.35. The first-order chi connectivity index (χ1) is 11.7. The Labute approximate surface area is 180 Å². The van der Waals surface area contributed by atoms with Crippen LogP contribution in [0.25, 0.3) is 0 Å². The highest BCUT2D eigenvalue weighted by molar-refractivity contribution is 8.00.